The molecule has 0 atom stereocenters. The van der Waals surface area contributed by atoms with E-state index in [2.05, 4.69) is 271 Å². The van der Waals surface area contributed by atoms with Crippen LogP contribution < -0.4 is 31.3 Å². The highest BCUT2D eigenvalue weighted by molar-refractivity contribution is 7.00. The van der Waals surface area contributed by atoms with E-state index in [0.717, 1.165) is 107 Å². The SMILES string of the molecule is CC1(C)CCC(C)(C)c2cc(N3c4cc5c(cc4B4c6oc7cc8c(cc7c6N(c6ccc7c(c6)C(C)(C)CCC7(C)C)c6cc(N(c7ccccc7)c7ccc9c(c7)oc7ccccc79)cc3c64)C(C)(C)CCC8(C)C)C(C)(C)CCC5(C)C)ccc21. The third-order valence-electron chi connectivity index (χ3n) is 23.7. The van der Waals surface area contributed by atoms with Gasteiger partial charge in [-0.3, -0.25) is 0 Å². The third-order valence-corrected chi connectivity index (χ3v) is 23.7. The highest BCUT2D eigenvalue weighted by Crippen LogP contribution is 2.57. The number of furan rings is 2. The fourth-order valence-corrected chi connectivity index (χ4v) is 17.6. The van der Waals surface area contributed by atoms with Gasteiger partial charge < -0.3 is 23.5 Å². The molecule has 8 aromatic carbocycles. The van der Waals surface area contributed by atoms with Crippen LogP contribution >= 0.6 is 0 Å². The van der Waals surface area contributed by atoms with Crippen molar-refractivity contribution in [3.63, 3.8) is 0 Å². The number of nitrogens with zero attached hydrogens (tertiary/aromatic N) is 3. The summed E-state index contributed by atoms with van der Waals surface area (Å²) in [6.45, 7) is 39.3. The molecular formula is C82H88BN3O2. The smallest absolute Gasteiger partial charge is 0.297 e. The molecule has 446 valence electrons. The molecule has 0 bridgehead atoms. The summed E-state index contributed by atoms with van der Waals surface area (Å²) in [5.74, 6) is 0. The van der Waals surface area contributed by atoms with Crippen LogP contribution in [0, 0.1) is 0 Å². The van der Waals surface area contributed by atoms with Gasteiger partial charge in [-0.15, -0.1) is 0 Å². The van der Waals surface area contributed by atoms with Crippen LogP contribution in [0.1, 0.15) is 207 Å². The van der Waals surface area contributed by atoms with Crippen molar-refractivity contribution in [2.75, 3.05) is 14.7 Å². The Kier molecular flexibility index (Phi) is 11.5. The number of rotatable bonds is 5. The van der Waals surface area contributed by atoms with Crippen LogP contribution in [0.15, 0.2) is 154 Å². The van der Waals surface area contributed by atoms with Crippen molar-refractivity contribution in [3.8, 4) is 0 Å². The Balaban J connectivity index is 1.08. The zero-order valence-corrected chi connectivity index (χ0v) is 55.2. The highest BCUT2D eigenvalue weighted by Gasteiger charge is 2.51. The lowest BCUT2D eigenvalue weighted by molar-refractivity contribution is 0.332. The summed E-state index contributed by atoms with van der Waals surface area (Å²) >= 11 is 0. The second-order valence-corrected chi connectivity index (χ2v) is 33.1. The quantitative estimate of drug-likeness (QED) is 0.161. The highest BCUT2D eigenvalue weighted by atomic mass is 16.3. The summed E-state index contributed by atoms with van der Waals surface area (Å²) in [6, 6.07) is 57.0. The van der Waals surface area contributed by atoms with Crippen LogP contribution in [0.5, 0.6) is 0 Å². The Labute approximate surface area is 523 Å². The van der Waals surface area contributed by atoms with Gasteiger partial charge in [0.15, 0.2) is 0 Å². The fourth-order valence-electron chi connectivity index (χ4n) is 17.6. The summed E-state index contributed by atoms with van der Waals surface area (Å²) in [5, 5.41) is 3.43. The first kappa shape index (κ1) is 55.8. The Hall–Kier alpha value is -7.44. The van der Waals surface area contributed by atoms with E-state index in [1.54, 1.807) is 0 Å². The lowest BCUT2D eigenvalue weighted by Crippen LogP contribution is -2.61. The molecule has 2 aliphatic heterocycles. The molecule has 5 nitrogen and oxygen atoms in total. The number of anilines is 9. The molecule has 0 unspecified atom stereocenters. The number of fused-ring (bicyclic) bond motifs is 13. The first-order chi connectivity index (χ1) is 41.5. The molecule has 0 saturated carbocycles. The van der Waals surface area contributed by atoms with E-state index in [1.165, 1.54) is 89.3 Å². The number of hydrogen-bond donors (Lipinski definition) is 0. The van der Waals surface area contributed by atoms with Gasteiger partial charge in [-0.1, -0.05) is 165 Å². The predicted molar refractivity (Wildman–Crippen MR) is 373 cm³/mol. The minimum Gasteiger partial charge on any atom is -0.468 e. The maximum Gasteiger partial charge on any atom is 0.297 e. The van der Waals surface area contributed by atoms with Crippen LogP contribution in [0.25, 0.3) is 32.9 Å². The van der Waals surface area contributed by atoms with Gasteiger partial charge in [-0.2, -0.15) is 0 Å². The van der Waals surface area contributed by atoms with Crippen LogP contribution in [0.3, 0.4) is 0 Å². The van der Waals surface area contributed by atoms with E-state index < -0.39 is 0 Å². The van der Waals surface area contributed by atoms with E-state index in [4.69, 9.17) is 8.83 Å². The second kappa shape index (κ2) is 18.1. The molecule has 0 radical (unpaired) electrons. The van der Waals surface area contributed by atoms with Crippen LogP contribution in [0.2, 0.25) is 0 Å². The predicted octanol–water partition coefficient (Wildman–Crippen LogP) is 21.3. The van der Waals surface area contributed by atoms with Crippen molar-refractivity contribution < 1.29 is 8.83 Å². The standard InChI is InChI=1S/C82H88BN3O2/c1-75(2)32-34-77(5,6)59-40-50(27-30-57(59)75)85-66-47-63-62(80(11,12)37-38-81(63,13)14)46-65(66)83-72-67(85)42-53(84(49-22-18-17-19-23-49)52-26-29-55-54-24-20-21-25-69(54)87-70(55)44-52)43-68(72)86(51-28-31-58-60(41-51)78(7,8)35-33-76(58,3)4)73-56-45-61-64(48-71(56)88-74(73)83)82(15,16)39-36-79(61,9)10/h17-31,40-48H,32-39H2,1-16H3. The molecule has 0 fully saturated rings. The molecule has 2 aromatic heterocycles. The first-order valence-electron chi connectivity index (χ1n) is 33.2. The van der Waals surface area contributed by atoms with Gasteiger partial charge in [-0.25, -0.2) is 0 Å². The van der Waals surface area contributed by atoms with Crippen LogP contribution in [0.4, 0.5) is 51.2 Å². The molecule has 4 aliphatic carbocycles. The molecule has 0 amide bonds. The van der Waals surface area contributed by atoms with Gasteiger partial charge in [0.25, 0.3) is 6.71 Å². The van der Waals surface area contributed by atoms with E-state index in [9.17, 15) is 0 Å². The molecule has 88 heavy (non-hydrogen) atoms. The summed E-state index contributed by atoms with van der Waals surface area (Å²) in [4.78, 5) is 7.89. The molecule has 4 heterocycles. The molecule has 0 N–H and O–H groups in total. The van der Waals surface area contributed by atoms with Gasteiger partial charge in [0.1, 0.15) is 16.7 Å². The Morgan fingerprint density at radius 2 is 0.784 bits per heavy atom. The molecule has 6 heteroatoms. The van der Waals surface area contributed by atoms with Crippen molar-refractivity contribution in [2.24, 2.45) is 0 Å². The van der Waals surface area contributed by atoms with E-state index in [1.807, 2.05) is 0 Å². The molecule has 16 rings (SSSR count). The summed E-state index contributed by atoms with van der Waals surface area (Å²) in [6.07, 6.45) is 9.08. The van der Waals surface area contributed by atoms with E-state index in [-0.39, 0.29) is 50.0 Å². The van der Waals surface area contributed by atoms with Gasteiger partial charge in [0.05, 0.1) is 17.0 Å². The average molecular weight is 1160 g/mol. The van der Waals surface area contributed by atoms with Crippen LogP contribution in [-0.2, 0) is 43.3 Å². The summed E-state index contributed by atoms with van der Waals surface area (Å²) in [5.41, 5.74) is 28.2. The minimum absolute atomic E-state index is 0.00569. The zero-order valence-electron chi connectivity index (χ0n) is 55.2. The molecule has 0 spiro atoms. The van der Waals surface area contributed by atoms with Gasteiger partial charge in [0.2, 0.25) is 0 Å². The molecular weight excluding hydrogens is 1070 g/mol. The molecule has 6 aliphatic rings. The van der Waals surface area contributed by atoms with Crippen molar-refractivity contribution in [1.82, 2.24) is 0 Å². The largest absolute Gasteiger partial charge is 0.468 e. The lowest BCUT2D eigenvalue weighted by atomic mass is 9.35. The number of para-hydroxylation sites is 2. The van der Waals surface area contributed by atoms with Crippen molar-refractivity contribution in [1.29, 1.82) is 0 Å². The lowest BCUT2D eigenvalue weighted by Gasteiger charge is -2.47. The van der Waals surface area contributed by atoms with Gasteiger partial charge >= 0.3 is 0 Å². The summed E-state index contributed by atoms with van der Waals surface area (Å²) < 4.78 is 14.7. The Bertz CT molecular complexity index is 4610. The Morgan fingerprint density at radius 3 is 1.36 bits per heavy atom. The van der Waals surface area contributed by atoms with E-state index >= 15 is 0 Å². The summed E-state index contributed by atoms with van der Waals surface area (Å²) in [7, 11) is 0. The van der Waals surface area contributed by atoms with Crippen LogP contribution in [-0.4, -0.2) is 6.71 Å². The first-order valence-corrected chi connectivity index (χ1v) is 33.2. The van der Waals surface area contributed by atoms with Crippen molar-refractivity contribution in [3.05, 3.63) is 190 Å². The number of benzene rings is 8. The second-order valence-electron chi connectivity index (χ2n) is 33.1. The molecule has 0 saturated heterocycles. The zero-order chi connectivity index (χ0) is 61.4. The van der Waals surface area contributed by atoms with Gasteiger partial charge in [0, 0.05) is 62.0 Å². The topological polar surface area (TPSA) is 36.0 Å². The van der Waals surface area contributed by atoms with Crippen molar-refractivity contribution >= 4 is 107 Å². The normalized spacial score (nSPS) is 20.6. The van der Waals surface area contributed by atoms with E-state index in [0.29, 0.717) is 0 Å². The minimum atomic E-state index is -0.230. The van der Waals surface area contributed by atoms with Gasteiger partial charge in [-0.05, 0) is 235 Å². The average Bonchev–Trinajstić information content (AvgIpc) is 1.20. The number of hydrogen-bond acceptors (Lipinski definition) is 5. The monoisotopic (exact) mass is 1160 g/mol. The maximum absolute atomic E-state index is 7.97. The Morgan fingerprint density at radius 1 is 0.330 bits per heavy atom. The third kappa shape index (κ3) is 8.03. The molecule has 10 aromatic rings. The maximum atomic E-state index is 7.97. The van der Waals surface area contributed by atoms with Crippen molar-refractivity contribution in [2.45, 2.75) is 205 Å². The fraction of sp³-hybridized carbons (Fsp3) is 0.390.